The number of piperidine rings is 1. The van der Waals surface area contributed by atoms with E-state index in [-0.39, 0.29) is 0 Å². The lowest BCUT2D eigenvalue weighted by molar-refractivity contribution is -0.762. The van der Waals surface area contributed by atoms with Gasteiger partial charge in [-0.3, -0.25) is 0 Å². The molecule has 2 rings (SSSR count). The third kappa shape index (κ3) is 0.243. The molecule has 1 heteroatoms. The van der Waals surface area contributed by atoms with Gasteiger partial charge in [0, 0.05) is 12.8 Å². The molecule has 0 saturated carbocycles. The Balaban J connectivity index is 2.09. The number of hydrogen-bond donors (Lipinski definition) is 1. The van der Waals surface area contributed by atoms with E-state index in [1.807, 2.05) is 4.90 Å². The van der Waals surface area contributed by atoms with E-state index >= 15 is 0 Å². The van der Waals surface area contributed by atoms with E-state index in [0.29, 0.717) is 0 Å². The fraction of sp³-hybridized carbons (Fsp3) is 1.00. The fourth-order valence-electron chi connectivity index (χ4n) is 1.45. The average Bonchev–Trinajstić information content (AvgIpc) is 2.17. The number of rotatable bonds is 0. The van der Waals surface area contributed by atoms with Gasteiger partial charge in [-0.1, -0.05) is 0 Å². The maximum absolute atomic E-state index is 1.87. The first-order valence-electron chi connectivity index (χ1n) is 2.81. The first kappa shape index (κ1) is 3.03. The first-order valence-corrected chi connectivity index (χ1v) is 2.81. The molecule has 0 radical (unpaired) electrons. The number of fused-ring (bicyclic) bond motifs is 1. The monoisotopic (exact) mass is 84.1 g/mol. The summed E-state index contributed by atoms with van der Waals surface area (Å²) >= 11 is 0. The summed E-state index contributed by atoms with van der Waals surface area (Å²) in [6.07, 6.45) is 3.02. The zero-order valence-corrected chi connectivity index (χ0v) is 3.91. The molecular weight excluding hydrogens is 74.1 g/mol. The molecule has 1 N–H and O–H groups in total. The summed E-state index contributed by atoms with van der Waals surface area (Å²) < 4.78 is 0. The summed E-state index contributed by atoms with van der Waals surface area (Å²) in [5.74, 6) is 0. The molecule has 6 heavy (non-hydrogen) atoms. The minimum atomic E-state index is 1.13. The Bertz CT molecular complexity index is 62.3. The SMILES string of the molecule is C1CC2C[NH+]2C1. The normalized spacial score (nSPS) is 52.0. The fourth-order valence-corrected chi connectivity index (χ4v) is 1.45. The van der Waals surface area contributed by atoms with Gasteiger partial charge in [-0.05, 0) is 0 Å². The van der Waals surface area contributed by atoms with Crippen LogP contribution in [0.15, 0.2) is 0 Å². The minimum Gasteiger partial charge on any atom is -0.323 e. The van der Waals surface area contributed by atoms with Gasteiger partial charge in [-0.2, -0.15) is 0 Å². The van der Waals surface area contributed by atoms with E-state index in [2.05, 4.69) is 0 Å². The highest BCUT2D eigenvalue weighted by Crippen LogP contribution is 2.05. The lowest BCUT2D eigenvalue weighted by atomic mass is 10.3. The van der Waals surface area contributed by atoms with Crippen molar-refractivity contribution < 1.29 is 4.90 Å². The first-order chi connectivity index (χ1) is 2.97. The lowest BCUT2D eigenvalue weighted by Gasteiger charge is -1.79. The smallest absolute Gasteiger partial charge is 0.137 e. The Kier molecular flexibility index (Phi) is 0.396. The average molecular weight is 84.1 g/mol. The third-order valence-electron chi connectivity index (χ3n) is 1.98. The van der Waals surface area contributed by atoms with E-state index in [1.165, 1.54) is 25.9 Å². The van der Waals surface area contributed by atoms with Crippen LogP contribution >= 0.6 is 0 Å². The van der Waals surface area contributed by atoms with Crippen LogP contribution in [-0.4, -0.2) is 19.1 Å². The molecular formula is C5H10N+. The summed E-state index contributed by atoms with van der Waals surface area (Å²) in [5, 5.41) is 0. The molecule has 34 valence electrons. The second-order valence-electron chi connectivity index (χ2n) is 2.45. The van der Waals surface area contributed by atoms with Gasteiger partial charge in [-0.25, -0.2) is 0 Å². The molecule has 2 atom stereocenters. The third-order valence-corrected chi connectivity index (χ3v) is 1.98. The van der Waals surface area contributed by atoms with Crippen molar-refractivity contribution in [3.8, 4) is 0 Å². The Labute approximate surface area is 37.9 Å². The van der Waals surface area contributed by atoms with Crippen LogP contribution in [0.1, 0.15) is 12.8 Å². The minimum absolute atomic E-state index is 1.13. The molecule has 0 spiro atoms. The van der Waals surface area contributed by atoms with Crippen molar-refractivity contribution >= 4 is 0 Å². The lowest BCUT2D eigenvalue weighted by Crippen LogP contribution is -2.92. The van der Waals surface area contributed by atoms with Gasteiger partial charge in [0.2, 0.25) is 0 Å². The highest BCUT2D eigenvalue weighted by atomic mass is 15.3. The Morgan fingerprint density at radius 3 is 2.67 bits per heavy atom. The highest BCUT2D eigenvalue weighted by molar-refractivity contribution is 4.71. The summed E-state index contributed by atoms with van der Waals surface area (Å²) in [5.41, 5.74) is 0. The van der Waals surface area contributed by atoms with Gasteiger partial charge in [0.25, 0.3) is 0 Å². The van der Waals surface area contributed by atoms with Crippen LogP contribution in [0.4, 0.5) is 0 Å². The van der Waals surface area contributed by atoms with Gasteiger partial charge in [0.05, 0.1) is 6.54 Å². The predicted octanol–water partition coefficient (Wildman–Crippen LogP) is -0.953. The van der Waals surface area contributed by atoms with E-state index < -0.39 is 0 Å². The molecule has 2 fully saturated rings. The Hall–Kier alpha value is -0.0400. The van der Waals surface area contributed by atoms with Crippen LogP contribution in [0.25, 0.3) is 0 Å². The summed E-state index contributed by atoms with van der Waals surface area (Å²) in [7, 11) is 0. The topological polar surface area (TPSA) is 4.44 Å². The van der Waals surface area contributed by atoms with Crippen LogP contribution in [-0.2, 0) is 0 Å². The van der Waals surface area contributed by atoms with Gasteiger partial charge in [0.15, 0.2) is 0 Å². The van der Waals surface area contributed by atoms with Crippen LogP contribution in [0.5, 0.6) is 0 Å². The van der Waals surface area contributed by atoms with E-state index in [4.69, 9.17) is 0 Å². The van der Waals surface area contributed by atoms with Crippen LogP contribution in [0.3, 0.4) is 0 Å². The van der Waals surface area contributed by atoms with E-state index in [1.54, 1.807) is 0 Å². The van der Waals surface area contributed by atoms with E-state index in [9.17, 15) is 0 Å². The molecule has 2 aliphatic rings. The quantitative estimate of drug-likeness (QED) is 0.361. The van der Waals surface area contributed by atoms with Crippen molar-refractivity contribution in [2.75, 3.05) is 13.1 Å². The molecule has 2 heterocycles. The number of nitrogens with one attached hydrogen (secondary N) is 1. The maximum Gasteiger partial charge on any atom is 0.137 e. The second-order valence-corrected chi connectivity index (χ2v) is 2.45. The Morgan fingerprint density at radius 1 is 1.50 bits per heavy atom. The summed E-state index contributed by atoms with van der Waals surface area (Å²) in [6.45, 7) is 2.98. The van der Waals surface area contributed by atoms with Gasteiger partial charge >= 0.3 is 0 Å². The molecule has 2 saturated heterocycles. The van der Waals surface area contributed by atoms with Crippen LogP contribution in [0, 0.1) is 0 Å². The molecule has 1 nitrogen and oxygen atoms in total. The van der Waals surface area contributed by atoms with Crippen LogP contribution in [0.2, 0.25) is 0 Å². The van der Waals surface area contributed by atoms with Crippen molar-refractivity contribution in [3.63, 3.8) is 0 Å². The van der Waals surface area contributed by atoms with Crippen molar-refractivity contribution in [1.29, 1.82) is 0 Å². The van der Waals surface area contributed by atoms with Gasteiger partial charge < -0.3 is 4.90 Å². The molecule has 2 unspecified atom stereocenters. The van der Waals surface area contributed by atoms with E-state index in [0.717, 1.165) is 6.04 Å². The molecule has 0 bridgehead atoms. The van der Waals surface area contributed by atoms with Gasteiger partial charge in [-0.15, -0.1) is 0 Å². The van der Waals surface area contributed by atoms with Crippen LogP contribution < -0.4 is 4.90 Å². The van der Waals surface area contributed by atoms with Crippen molar-refractivity contribution in [1.82, 2.24) is 0 Å². The zero-order valence-electron chi connectivity index (χ0n) is 3.91. The molecule has 2 aliphatic heterocycles. The largest absolute Gasteiger partial charge is 0.323 e. The number of quaternary nitrogens is 1. The second kappa shape index (κ2) is 0.784. The Morgan fingerprint density at radius 2 is 2.50 bits per heavy atom. The number of hydrogen-bond acceptors (Lipinski definition) is 0. The van der Waals surface area contributed by atoms with Crippen molar-refractivity contribution in [3.05, 3.63) is 0 Å². The maximum atomic E-state index is 1.87. The standard InChI is InChI=1S/C5H9N/c1-2-5-4-6(5)3-1/h5H,1-4H2/p+1. The molecule has 0 aromatic carbocycles. The molecule has 0 amide bonds. The predicted molar refractivity (Wildman–Crippen MR) is 23.7 cm³/mol. The zero-order chi connectivity index (χ0) is 3.98. The highest BCUT2D eigenvalue weighted by Gasteiger charge is 2.43. The van der Waals surface area contributed by atoms with Crippen molar-refractivity contribution in [2.45, 2.75) is 18.9 Å². The summed E-state index contributed by atoms with van der Waals surface area (Å²) in [4.78, 5) is 1.87. The van der Waals surface area contributed by atoms with Gasteiger partial charge in [0.1, 0.15) is 12.6 Å². The molecule has 0 aromatic rings. The molecule has 0 aromatic heterocycles. The summed E-state index contributed by atoms with van der Waals surface area (Å²) in [6, 6.07) is 1.13. The van der Waals surface area contributed by atoms with Crippen molar-refractivity contribution in [2.24, 2.45) is 0 Å². The molecule has 0 aliphatic carbocycles.